The highest BCUT2D eigenvalue weighted by Gasteiger charge is 2.27. The van der Waals surface area contributed by atoms with Crippen molar-refractivity contribution in [3.8, 4) is 5.69 Å². The van der Waals surface area contributed by atoms with Gasteiger partial charge in [0.15, 0.2) is 0 Å². The molecule has 2 N–H and O–H groups in total. The van der Waals surface area contributed by atoms with E-state index in [1.165, 1.54) is 0 Å². The minimum absolute atomic E-state index is 0. The molecular weight excluding hydrogens is 359 g/mol. The maximum atomic E-state index is 12.8. The number of para-hydroxylation sites is 1. The highest BCUT2D eigenvalue weighted by molar-refractivity contribution is 6.32. The van der Waals surface area contributed by atoms with Crippen molar-refractivity contribution in [3.63, 3.8) is 0 Å². The summed E-state index contributed by atoms with van der Waals surface area (Å²) in [7, 11) is 0. The lowest BCUT2D eigenvalue weighted by atomic mass is 9.91. The number of nitrogens with two attached hydrogens (primary N) is 1. The first-order valence-corrected chi connectivity index (χ1v) is 8.71. The first-order chi connectivity index (χ1) is 11.5. The molecule has 5 nitrogen and oxygen atoms in total. The number of carbonyl (C=O) groups excluding carboxylic acids is 1. The van der Waals surface area contributed by atoms with Crippen LogP contribution in [0.25, 0.3) is 5.69 Å². The van der Waals surface area contributed by atoms with Crippen LogP contribution in [0.1, 0.15) is 35.8 Å². The van der Waals surface area contributed by atoms with E-state index < -0.39 is 0 Å². The maximum Gasteiger partial charge on any atom is 0.257 e. The number of nitrogens with zero attached hydrogens (tertiary/aromatic N) is 3. The normalized spacial score (nSPS) is 16.4. The molecular formula is C18H24Cl2N4O. The average Bonchev–Trinajstić information content (AvgIpc) is 2.96. The summed E-state index contributed by atoms with van der Waals surface area (Å²) < 4.78 is 1.73. The minimum Gasteiger partial charge on any atom is -0.339 e. The third-order valence-electron chi connectivity index (χ3n) is 4.89. The Morgan fingerprint density at radius 2 is 1.96 bits per heavy atom. The second kappa shape index (κ2) is 8.21. The van der Waals surface area contributed by atoms with E-state index in [-0.39, 0.29) is 24.4 Å². The first-order valence-electron chi connectivity index (χ1n) is 8.33. The molecule has 1 saturated heterocycles. The molecule has 1 unspecified atom stereocenters. The largest absolute Gasteiger partial charge is 0.339 e. The van der Waals surface area contributed by atoms with Crippen molar-refractivity contribution in [2.24, 2.45) is 11.7 Å². The predicted molar refractivity (Wildman–Crippen MR) is 103 cm³/mol. The van der Waals surface area contributed by atoms with Gasteiger partial charge in [0.2, 0.25) is 0 Å². The van der Waals surface area contributed by atoms with Gasteiger partial charge in [-0.05, 0) is 44.7 Å². The molecule has 1 atom stereocenters. The Labute approximate surface area is 159 Å². The molecule has 3 rings (SSSR count). The van der Waals surface area contributed by atoms with Gasteiger partial charge in [0.05, 0.1) is 28.2 Å². The highest BCUT2D eigenvalue weighted by Crippen LogP contribution is 2.25. The third kappa shape index (κ3) is 4.00. The Kier molecular flexibility index (Phi) is 6.49. The van der Waals surface area contributed by atoms with E-state index in [1.807, 2.05) is 43.0 Å². The molecule has 2 aromatic rings. The Hall–Kier alpha value is -1.56. The summed E-state index contributed by atoms with van der Waals surface area (Å²) in [5, 5.41) is 4.98. The Morgan fingerprint density at radius 1 is 1.32 bits per heavy atom. The van der Waals surface area contributed by atoms with Crippen LogP contribution >= 0.6 is 24.0 Å². The van der Waals surface area contributed by atoms with Crippen LogP contribution in [0.2, 0.25) is 5.02 Å². The van der Waals surface area contributed by atoms with Gasteiger partial charge in [-0.15, -0.1) is 12.4 Å². The van der Waals surface area contributed by atoms with E-state index in [2.05, 4.69) is 5.10 Å². The van der Waals surface area contributed by atoms with E-state index in [1.54, 1.807) is 10.9 Å². The van der Waals surface area contributed by atoms with Crippen LogP contribution in [-0.4, -0.2) is 39.7 Å². The second-order valence-electron chi connectivity index (χ2n) is 6.50. The van der Waals surface area contributed by atoms with E-state index in [9.17, 15) is 4.79 Å². The Morgan fingerprint density at radius 3 is 2.56 bits per heavy atom. The van der Waals surface area contributed by atoms with Crippen molar-refractivity contribution in [2.45, 2.75) is 32.7 Å². The van der Waals surface area contributed by atoms with Crippen molar-refractivity contribution in [3.05, 3.63) is 46.7 Å². The van der Waals surface area contributed by atoms with E-state index >= 15 is 0 Å². The van der Waals surface area contributed by atoms with Crippen molar-refractivity contribution in [1.29, 1.82) is 0 Å². The fourth-order valence-corrected chi connectivity index (χ4v) is 3.50. The van der Waals surface area contributed by atoms with Crippen molar-refractivity contribution >= 4 is 29.9 Å². The lowest BCUT2D eigenvalue weighted by molar-refractivity contribution is 0.0680. The van der Waals surface area contributed by atoms with E-state index in [4.69, 9.17) is 17.3 Å². The van der Waals surface area contributed by atoms with Crippen molar-refractivity contribution in [1.82, 2.24) is 14.7 Å². The molecule has 0 saturated carbocycles. The first kappa shape index (κ1) is 19.8. The Balaban J connectivity index is 0.00000225. The molecule has 0 aliphatic carbocycles. The number of halogens is 2. The molecule has 1 amide bonds. The lowest BCUT2D eigenvalue weighted by Crippen LogP contribution is -2.42. The zero-order chi connectivity index (χ0) is 17.3. The standard InChI is InChI=1S/C18H23ClN4O.ClH/c1-12(20)14-7-9-22(10-8-14)18(24)15-11-21-23(13(15)2)17-6-4-3-5-16(17)19;/h3-6,11-12,14H,7-10,20H2,1-2H3;1H. The van der Waals surface area contributed by atoms with E-state index in [0.29, 0.717) is 16.5 Å². The fraction of sp³-hybridized carbons (Fsp3) is 0.444. The maximum absolute atomic E-state index is 12.8. The summed E-state index contributed by atoms with van der Waals surface area (Å²) in [6.07, 6.45) is 3.56. The molecule has 25 heavy (non-hydrogen) atoms. The van der Waals surface area contributed by atoms with Crippen LogP contribution < -0.4 is 5.73 Å². The van der Waals surface area contributed by atoms with Gasteiger partial charge < -0.3 is 10.6 Å². The molecule has 1 fully saturated rings. The summed E-state index contributed by atoms with van der Waals surface area (Å²) in [6.45, 7) is 5.45. The van der Waals surface area contributed by atoms with Gasteiger partial charge in [0, 0.05) is 19.1 Å². The number of benzene rings is 1. The number of piperidine rings is 1. The molecule has 1 aromatic heterocycles. The molecule has 0 spiro atoms. The quantitative estimate of drug-likeness (QED) is 0.883. The summed E-state index contributed by atoms with van der Waals surface area (Å²) in [4.78, 5) is 14.7. The highest BCUT2D eigenvalue weighted by atomic mass is 35.5. The predicted octanol–water partition coefficient (Wildman–Crippen LogP) is 3.46. The number of hydrogen-bond acceptors (Lipinski definition) is 3. The second-order valence-corrected chi connectivity index (χ2v) is 6.90. The molecule has 1 aliphatic rings. The van der Waals surface area contributed by atoms with Crippen molar-refractivity contribution < 1.29 is 4.79 Å². The summed E-state index contributed by atoms with van der Waals surface area (Å²) in [5.41, 5.74) is 8.20. The molecule has 7 heteroatoms. The van der Waals surface area contributed by atoms with Crippen molar-refractivity contribution in [2.75, 3.05) is 13.1 Å². The molecule has 0 radical (unpaired) electrons. The SMILES string of the molecule is Cc1c(C(=O)N2CCC(C(C)N)CC2)cnn1-c1ccccc1Cl.Cl. The number of aromatic nitrogens is 2. The number of rotatable bonds is 3. The van der Waals surface area contributed by atoms with Gasteiger partial charge in [0.1, 0.15) is 0 Å². The minimum atomic E-state index is 0. The summed E-state index contributed by atoms with van der Waals surface area (Å²) >= 11 is 6.25. The zero-order valence-corrected chi connectivity index (χ0v) is 16.1. The van der Waals surface area contributed by atoms with Gasteiger partial charge in [0.25, 0.3) is 5.91 Å². The van der Waals surface area contributed by atoms with Crippen LogP contribution in [0.3, 0.4) is 0 Å². The Bertz CT molecular complexity index is 736. The zero-order valence-electron chi connectivity index (χ0n) is 14.5. The van der Waals surface area contributed by atoms with Gasteiger partial charge >= 0.3 is 0 Å². The smallest absolute Gasteiger partial charge is 0.257 e. The van der Waals surface area contributed by atoms with Crippen LogP contribution in [-0.2, 0) is 0 Å². The fourth-order valence-electron chi connectivity index (χ4n) is 3.28. The molecule has 1 aromatic carbocycles. The molecule has 2 heterocycles. The van der Waals surface area contributed by atoms with Crippen LogP contribution in [0.15, 0.2) is 30.5 Å². The van der Waals surface area contributed by atoms with Gasteiger partial charge in [-0.25, -0.2) is 4.68 Å². The molecule has 136 valence electrons. The average molecular weight is 383 g/mol. The topological polar surface area (TPSA) is 64.2 Å². The number of hydrogen-bond donors (Lipinski definition) is 1. The lowest BCUT2D eigenvalue weighted by Gasteiger charge is -2.33. The number of likely N-dealkylation sites (tertiary alicyclic amines) is 1. The number of carbonyl (C=O) groups is 1. The van der Waals surface area contributed by atoms with E-state index in [0.717, 1.165) is 37.3 Å². The molecule has 1 aliphatic heterocycles. The van der Waals surface area contributed by atoms with Crippen LogP contribution in [0.5, 0.6) is 0 Å². The summed E-state index contributed by atoms with van der Waals surface area (Å²) in [5.74, 6) is 0.537. The monoisotopic (exact) mass is 382 g/mol. The van der Waals surface area contributed by atoms with Gasteiger partial charge in [-0.1, -0.05) is 23.7 Å². The molecule has 0 bridgehead atoms. The number of amides is 1. The van der Waals surface area contributed by atoms with Gasteiger partial charge in [-0.3, -0.25) is 4.79 Å². The third-order valence-corrected chi connectivity index (χ3v) is 5.21. The van der Waals surface area contributed by atoms with Gasteiger partial charge in [-0.2, -0.15) is 5.10 Å². The van der Waals surface area contributed by atoms with Crippen LogP contribution in [0, 0.1) is 12.8 Å². The summed E-state index contributed by atoms with van der Waals surface area (Å²) in [6, 6.07) is 7.68. The van der Waals surface area contributed by atoms with Crippen LogP contribution in [0.4, 0.5) is 0 Å².